The zero-order valence-electron chi connectivity index (χ0n) is 33.3. The van der Waals surface area contributed by atoms with Gasteiger partial charge in [-0.2, -0.15) is 0 Å². The Hall–Kier alpha value is -8.02. The first kappa shape index (κ1) is 36.1. The minimum absolute atomic E-state index is 0.147. The Morgan fingerprint density at radius 1 is 0.377 bits per heavy atom. The van der Waals surface area contributed by atoms with Crippen LogP contribution in [0.3, 0.4) is 0 Å². The second-order valence-corrected chi connectivity index (χ2v) is 15.4. The van der Waals surface area contributed by atoms with Crippen LogP contribution in [0.2, 0.25) is 0 Å². The Bertz CT molecular complexity index is 3150. The van der Waals surface area contributed by atoms with E-state index < -0.39 is 0 Å². The monoisotopic (exact) mass is 781 g/mol. The highest BCUT2D eigenvalue weighted by Crippen LogP contribution is 2.38. The largest absolute Gasteiger partial charge is 0.309 e. The molecule has 1 aliphatic rings. The van der Waals surface area contributed by atoms with Crippen LogP contribution in [0.1, 0.15) is 18.0 Å². The third-order valence-corrected chi connectivity index (χ3v) is 11.5. The number of hydrogen-bond acceptors (Lipinski definition) is 4. The first-order valence-electron chi connectivity index (χ1n) is 20.7. The highest BCUT2D eigenvalue weighted by Gasteiger charge is 2.19. The fraction of sp³-hybridized carbons (Fsp3) is 0.0357. The van der Waals surface area contributed by atoms with E-state index in [0.717, 1.165) is 73.8 Å². The van der Waals surface area contributed by atoms with E-state index in [1.807, 2.05) is 42.5 Å². The fourth-order valence-electron chi connectivity index (χ4n) is 8.48. The van der Waals surface area contributed by atoms with Crippen LogP contribution >= 0.6 is 0 Å². The van der Waals surface area contributed by atoms with Gasteiger partial charge in [-0.25, -0.2) is 19.9 Å². The molecule has 288 valence electrons. The lowest BCUT2D eigenvalue weighted by molar-refractivity contribution is 0.811. The molecule has 1 aliphatic carbocycles. The molecule has 10 aromatic rings. The molecule has 0 saturated heterocycles. The van der Waals surface area contributed by atoms with Gasteiger partial charge >= 0.3 is 0 Å². The number of rotatable bonds is 8. The number of allylic oxidation sites excluding steroid dienone is 4. The molecule has 3 heterocycles. The molecule has 11 rings (SSSR count). The summed E-state index contributed by atoms with van der Waals surface area (Å²) in [7, 11) is 0. The van der Waals surface area contributed by atoms with Crippen LogP contribution in [-0.4, -0.2) is 24.5 Å². The molecule has 3 aromatic heterocycles. The quantitative estimate of drug-likeness (QED) is 0.154. The Kier molecular flexibility index (Phi) is 9.24. The summed E-state index contributed by atoms with van der Waals surface area (Å²) in [6.45, 7) is 0. The second kappa shape index (κ2) is 15.6. The van der Waals surface area contributed by atoms with E-state index in [0.29, 0.717) is 11.6 Å². The lowest BCUT2D eigenvalue weighted by Gasteiger charge is -2.17. The van der Waals surface area contributed by atoms with Crippen molar-refractivity contribution in [3.63, 3.8) is 0 Å². The predicted molar refractivity (Wildman–Crippen MR) is 250 cm³/mol. The van der Waals surface area contributed by atoms with E-state index in [-0.39, 0.29) is 5.92 Å². The van der Waals surface area contributed by atoms with Gasteiger partial charge in [0.15, 0.2) is 11.6 Å². The topological polar surface area (TPSA) is 56.5 Å². The molecule has 0 bridgehead atoms. The van der Waals surface area contributed by atoms with Gasteiger partial charge in [0, 0.05) is 50.2 Å². The Morgan fingerprint density at radius 3 is 1.44 bits per heavy atom. The van der Waals surface area contributed by atoms with Crippen molar-refractivity contribution in [3.8, 4) is 73.4 Å². The standard InChI is InChI=1S/C56H39N5/c1-5-17-39(18-6-1)49-36-51(59-55(57-49)41-21-9-3-10-22-41)44-33-43(38-29-31-46(32-30-38)61-53-27-15-13-25-47(53)48-26-14-16-28-54(48)61)34-45(35-44)52-37-50(40-19-7-2-8-20-40)58-56(60-52)42-23-11-4-12-24-42/h1-19,21-37,40H,20H2/t40-/m0/s1. The molecule has 61 heavy (non-hydrogen) atoms. The van der Waals surface area contributed by atoms with E-state index in [4.69, 9.17) is 19.9 Å². The first-order valence-corrected chi connectivity index (χ1v) is 20.7. The maximum absolute atomic E-state index is 5.29. The SMILES string of the molecule is C1=CC[C@@H](c2cc(-c3cc(-c4ccc(-n5c6ccccc6c6ccccc65)cc4)cc(-c4cc(-c5ccccc5)nc(-c5ccccc5)n4)c3)nc(-c3ccccc3)n2)C=C1. The Balaban J connectivity index is 1.11. The number of hydrogen-bond donors (Lipinski definition) is 0. The summed E-state index contributed by atoms with van der Waals surface area (Å²) in [6, 6.07) is 68.0. The van der Waals surface area contributed by atoms with E-state index in [9.17, 15) is 0 Å². The first-order chi connectivity index (χ1) is 30.2. The molecule has 0 N–H and O–H groups in total. The summed E-state index contributed by atoms with van der Waals surface area (Å²) in [4.78, 5) is 20.8. The number of aromatic nitrogens is 5. The molecule has 0 unspecified atom stereocenters. The molecule has 0 amide bonds. The van der Waals surface area contributed by atoms with Crippen LogP contribution in [-0.2, 0) is 0 Å². The van der Waals surface area contributed by atoms with Crippen molar-refractivity contribution in [1.82, 2.24) is 24.5 Å². The van der Waals surface area contributed by atoms with Gasteiger partial charge in [0.05, 0.1) is 33.8 Å². The normalized spacial score (nSPS) is 13.5. The van der Waals surface area contributed by atoms with Crippen LogP contribution in [0.4, 0.5) is 0 Å². The van der Waals surface area contributed by atoms with Gasteiger partial charge < -0.3 is 4.57 Å². The van der Waals surface area contributed by atoms with Crippen LogP contribution in [0.5, 0.6) is 0 Å². The Labute approximate surface area is 354 Å². The number of fused-ring (bicyclic) bond motifs is 3. The maximum atomic E-state index is 5.29. The third-order valence-electron chi connectivity index (χ3n) is 11.5. The molecule has 0 radical (unpaired) electrons. The summed E-state index contributed by atoms with van der Waals surface area (Å²) in [6.07, 6.45) is 9.55. The number of nitrogens with zero attached hydrogens (tertiary/aromatic N) is 5. The summed E-state index contributed by atoms with van der Waals surface area (Å²) in [5.41, 5.74) is 14.1. The fourth-order valence-corrected chi connectivity index (χ4v) is 8.48. The molecule has 0 spiro atoms. The van der Waals surface area contributed by atoms with Gasteiger partial charge in [-0.05, 0) is 72.1 Å². The van der Waals surface area contributed by atoms with E-state index in [1.54, 1.807) is 0 Å². The number of benzene rings is 7. The van der Waals surface area contributed by atoms with Crippen molar-refractivity contribution >= 4 is 21.8 Å². The molecule has 5 nitrogen and oxygen atoms in total. The predicted octanol–water partition coefficient (Wildman–Crippen LogP) is 14.0. The van der Waals surface area contributed by atoms with Crippen molar-refractivity contribution < 1.29 is 0 Å². The van der Waals surface area contributed by atoms with Gasteiger partial charge in [0.25, 0.3) is 0 Å². The molecule has 0 fully saturated rings. The van der Waals surface area contributed by atoms with Crippen molar-refractivity contribution in [2.75, 3.05) is 0 Å². The van der Waals surface area contributed by atoms with Gasteiger partial charge in [-0.1, -0.05) is 164 Å². The van der Waals surface area contributed by atoms with Gasteiger partial charge in [-0.15, -0.1) is 0 Å². The smallest absolute Gasteiger partial charge is 0.160 e. The average molecular weight is 782 g/mol. The number of para-hydroxylation sites is 2. The van der Waals surface area contributed by atoms with Crippen LogP contribution < -0.4 is 0 Å². The summed E-state index contributed by atoms with van der Waals surface area (Å²) < 4.78 is 2.36. The zero-order valence-corrected chi connectivity index (χ0v) is 33.3. The lowest BCUT2D eigenvalue weighted by Crippen LogP contribution is -2.04. The van der Waals surface area contributed by atoms with E-state index in [2.05, 4.69) is 181 Å². The van der Waals surface area contributed by atoms with Crippen molar-refractivity contribution in [1.29, 1.82) is 0 Å². The van der Waals surface area contributed by atoms with E-state index >= 15 is 0 Å². The van der Waals surface area contributed by atoms with Crippen molar-refractivity contribution in [2.45, 2.75) is 12.3 Å². The van der Waals surface area contributed by atoms with Crippen molar-refractivity contribution in [2.24, 2.45) is 0 Å². The van der Waals surface area contributed by atoms with Crippen LogP contribution in [0.15, 0.2) is 218 Å². The summed E-state index contributed by atoms with van der Waals surface area (Å²) in [5.74, 6) is 1.53. The summed E-state index contributed by atoms with van der Waals surface area (Å²) >= 11 is 0. The summed E-state index contributed by atoms with van der Waals surface area (Å²) in [5, 5.41) is 2.49. The molecule has 5 heteroatoms. The molecule has 1 atom stereocenters. The zero-order chi connectivity index (χ0) is 40.5. The molecular formula is C56H39N5. The minimum atomic E-state index is 0.147. The maximum Gasteiger partial charge on any atom is 0.160 e. The Morgan fingerprint density at radius 2 is 0.869 bits per heavy atom. The van der Waals surface area contributed by atoms with Crippen LogP contribution in [0.25, 0.3) is 95.2 Å². The molecular weight excluding hydrogens is 743 g/mol. The molecule has 7 aromatic carbocycles. The highest BCUT2D eigenvalue weighted by atomic mass is 15.0. The van der Waals surface area contributed by atoms with Crippen LogP contribution in [0, 0.1) is 0 Å². The molecule has 0 saturated carbocycles. The van der Waals surface area contributed by atoms with E-state index in [1.165, 1.54) is 21.8 Å². The lowest BCUT2D eigenvalue weighted by atomic mass is 9.93. The van der Waals surface area contributed by atoms with Gasteiger partial charge in [0.2, 0.25) is 0 Å². The highest BCUT2D eigenvalue weighted by molar-refractivity contribution is 6.09. The van der Waals surface area contributed by atoms with Gasteiger partial charge in [-0.3, -0.25) is 0 Å². The second-order valence-electron chi connectivity index (χ2n) is 15.4. The van der Waals surface area contributed by atoms with Crippen molar-refractivity contribution in [3.05, 3.63) is 224 Å². The third kappa shape index (κ3) is 7.02. The van der Waals surface area contributed by atoms with Gasteiger partial charge in [0.1, 0.15) is 0 Å². The minimum Gasteiger partial charge on any atom is -0.309 e. The molecule has 0 aliphatic heterocycles. The average Bonchev–Trinajstić information content (AvgIpc) is 3.69.